The molecular weight excluding hydrogens is 81.0 g/mol. The van der Waals surface area contributed by atoms with E-state index >= 15 is 0 Å². The van der Waals surface area contributed by atoms with Gasteiger partial charge in [0.05, 0.1) is 0 Å². The Hall–Kier alpha value is -0.198. The number of rotatable bonds is 0. The Balaban J connectivity index is 0. The largest absolute Gasteiger partial charge is 3.00 e. The molecule has 0 saturated heterocycles. The Labute approximate surface area is 41.0 Å². The monoisotopic (exact) mass is 86.0 g/mol. The zero-order valence-corrected chi connectivity index (χ0v) is 3.89. The van der Waals surface area contributed by atoms with Crippen molar-refractivity contribution in [3.63, 3.8) is 0 Å². The fraction of sp³-hybridized carbons (Fsp3) is 0. The van der Waals surface area contributed by atoms with E-state index in [0.717, 1.165) is 0 Å². The molecule has 4 heteroatoms. The molecule has 3 nitrogen and oxygen atoms in total. The minimum atomic E-state index is -0.333. The Morgan fingerprint density at radius 3 is 1.40 bits per heavy atom. The summed E-state index contributed by atoms with van der Waals surface area (Å²) in [4.78, 5) is 0. The maximum absolute atomic E-state index is 6.06. The quantitative estimate of drug-likeness (QED) is 0.190. The number of hydrogen-bond acceptors (Lipinski definition) is 1. The smallest absolute Gasteiger partial charge is 0.370 e. The molecule has 0 heterocycles. The van der Waals surface area contributed by atoms with E-state index in [1.165, 1.54) is 0 Å². The molecule has 0 atom stereocenters. The number of nitrogens with one attached hydrogen (secondary N) is 1. The van der Waals surface area contributed by atoms with Crippen molar-refractivity contribution in [3.8, 4) is 0 Å². The van der Waals surface area contributed by atoms with E-state index in [4.69, 9.17) is 5.41 Å². The first-order valence-electron chi connectivity index (χ1n) is 0.827. The van der Waals surface area contributed by atoms with Crippen molar-refractivity contribution in [3.05, 3.63) is 0 Å². The second kappa shape index (κ2) is 3.80. The molecule has 0 bridgehead atoms. The fourth-order valence-corrected chi connectivity index (χ4v) is 0. The molecular formula is CH5AlN3+3. The Morgan fingerprint density at radius 1 is 1.40 bits per heavy atom. The van der Waals surface area contributed by atoms with E-state index < -0.39 is 0 Å². The Bertz CT molecular complexity index is 29.9. The minimum absolute atomic E-state index is 0. The van der Waals surface area contributed by atoms with Crippen molar-refractivity contribution < 1.29 is 0 Å². The molecule has 0 aromatic heterocycles. The van der Waals surface area contributed by atoms with Crippen LogP contribution in [0.5, 0.6) is 0 Å². The van der Waals surface area contributed by atoms with Gasteiger partial charge in [-0.2, -0.15) is 0 Å². The molecule has 0 rings (SSSR count). The molecule has 0 aromatic rings. The molecule has 0 spiro atoms. The van der Waals surface area contributed by atoms with E-state index in [1.807, 2.05) is 0 Å². The number of guanidine groups is 1. The van der Waals surface area contributed by atoms with Crippen molar-refractivity contribution in [2.45, 2.75) is 0 Å². The van der Waals surface area contributed by atoms with Gasteiger partial charge in [-0.1, -0.05) is 0 Å². The van der Waals surface area contributed by atoms with Crippen LogP contribution in [0.15, 0.2) is 0 Å². The van der Waals surface area contributed by atoms with Gasteiger partial charge in [-0.25, -0.2) is 0 Å². The van der Waals surface area contributed by atoms with Crippen molar-refractivity contribution in [2.75, 3.05) is 0 Å². The van der Waals surface area contributed by atoms with E-state index in [9.17, 15) is 0 Å². The van der Waals surface area contributed by atoms with Crippen molar-refractivity contribution in [1.82, 2.24) is 0 Å². The van der Waals surface area contributed by atoms with Crippen LogP contribution in [-0.2, 0) is 0 Å². The first-order valence-corrected chi connectivity index (χ1v) is 0.827. The summed E-state index contributed by atoms with van der Waals surface area (Å²) in [5.41, 5.74) is 8.94. The van der Waals surface area contributed by atoms with Crippen LogP contribution in [0.3, 0.4) is 0 Å². The SMILES string of the molecule is N=C(N)N.[Al+3]. The van der Waals surface area contributed by atoms with E-state index in [2.05, 4.69) is 11.5 Å². The molecule has 0 radical (unpaired) electrons. The summed E-state index contributed by atoms with van der Waals surface area (Å²) in [6, 6.07) is 0. The van der Waals surface area contributed by atoms with E-state index in [1.54, 1.807) is 0 Å². The van der Waals surface area contributed by atoms with Gasteiger partial charge in [0.2, 0.25) is 0 Å². The van der Waals surface area contributed by atoms with Crippen molar-refractivity contribution >= 4 is 23.3 Å². The maximum atomic E-state index is 6.06. The summed E-state index contributed by atoms with van der Waals surface area (Å²) < 4.78 is 0. The van der Waals surface area contributed by atoms with E-state index in [-0.39, 0.29) is 23.3 Å². The van der Waals surface area contributed by atoms with Gasteiger partial charge in [0.1, 0.15) is 0 Å². The fourth-order valence-electron chi connectivity index (χ4n) is 0. The standard InChI is InChI=1S/CH5N3.Al/c2-1(3)4;/h(H5,2,3,4);/q;+3. The predicted octanol–water partition coefficient (Wildman–Crippen LogP) is -1.54. The van der Waals surface area contributed by atoms with Crippen molar-refractivity contribution in [2.24, 2.45) is 11.5 Å². The minimum Gasteiger partial charge on any atom is -0.370 e. The summed E-state index contributed by atoms with van der Waals surface area (Å²) in [5.74, 6) is -0.333. The topological polar surface area (TPSA) is 75.9 Å². The predicted molar refractivity (Wildman–Crippen MR) is 21.9 cm³/mol. The molecule has 0 aliphatic rings. The van der Waals surface area contributed by atoms with Crippen LogP contribution < -0.4 is 11.5 Å². The Kier molecular flexibility index (Phi) is 6.72. The molecule has 0 saturated carbocycles. The van der Waals surface area contributed by atoms with Gasteiger partial charge >= 0.3 is 17.4 Å². The third-order valence-electron chi connectivity index (χ3n) is 0. The molecule has 0 fully saturated rings. The van der Waals surface area contributed by atoms with Gasteiger partial charge in [0, 0.05) is 0 Å². The van der Waals surface area contributed by atoms with E-state index in [0.29, 0.717) is 0 Å². The molecule has 5 heavy (non-hydrogen) atoms. The van der Waals surface area contributed by atoms with Crippen LogP contribution in [0.1, 0.15) is 0 Å². The van der Waals surface area contributed by atoms with Gasteiger partial charge < -0.3 is 11.5 Å². The molecule has 0 aliphatic carbocycles. The molecule has 24 valence electrons. The maximum Gasteiger partial charge on any atom is 3.00 e. The third-order valence-corrected chi connectivity index (χ3v) is 0. The first-order chi connectivity index (χ1) is 1.73. The molecule has 0 aromatic carbocycles. The van der Waals surface area contributed by atoms with Crippen LogP contribution in [0.25, 0.3) is 0 Å². The molecule has 0 aliphatic heterocycles. The number of nitrogens with two attached hydrogens (primary N) is 2. The summed E-state index contributed by atoms with van der Waals surface area (Å²) in [5, 5.41) is 6.06. The summed E-state index contributed by atoms with van der Waals surface area (Å²) in [6.07, 6.45) is 0. The van der Waals surface area contributed by atoms with Gasteiger partial charge in [-0.15, -0.1) is 0 Å². The normalized spacial score (nSPS) is 4.80. The summed E-state index contributed by atoms with van der Waals surface area (Å²) in [7, 11) is 0. The Morgan fingerprint density at radius 2 is 1.40 bits per heavy atom. The zero-order chi connectivity index (χ0) is 3.58. The van der Waals surface area contributed by atoms with Crippen LogP contribution in [0, 0.1) is 5.41 Å². The zero-order valence-electron chi connectivity index (χ0n) is 2.73. The van der Waals surface area contributed by atoms with Gasteiger partial charge in [0.15, 0.2) is 5.96 Å². The van der Waals surface area contributed by atoms with Gasteiger partial charge in [0.25, 0.3) is 0 Å². The van der Waals surface area contributed by atoms with Crippen LogP contribution in [0.4, 0.5) is 0 Å². The summed E-state index contributed by atoms with van der Waals surface area (Å²) >= 11 is 0. The summed E-state index contributed by atoms with van der Waals surface area (Å²) in [6.45, 7) is 0. The second-order valence-corrected chi connectivity index (χ2v) is 0.455. The molecule has 0 unspecified atom stereocenters. The van der Waals surface area contributed by atoms with Gasteiger partial charge in [-0.05, 0) is 0 Å². The van der Waals surface area contributed by atoms with Gasteiger partial charge in [-0.3, -0.25) is 5.41 Å². The van der Waals surface area contributed by atoms with Crippen LogP contribution in [-0.4, -0.2) is 23.3 Å². The average molecular weight is 86.1 g/mol. The molecule has 5 N–H and O–H groups in total. The second-order valence-electron chi connectivity index (χ2n) is 0.455. The van der Waals surface area contributed by atoms with Crippen molar-refractivity contribution in [1.29, 1.82) is 5.41 Å². The first kappa shape index (κ1) is 8.84. The molecule has 0 amide bonds. The third kappa shape index (κ3) is 317. The average Bonchev–Trinajstić information content (AvgIpc) is 0.811. The number of hydrogen-bond donors (Lipinski definition) is 3. The van der Waals surface area contributed by atoms with Crippen LogP contribution in [0.2, 0.25) is 0 Å². The van der Waals surface area contributed by atoms with Crippen LogP contribution >= 0.6 is 0 Å².